The number of hydrogen-bond donors (Lipinski definition) is 3. The highest BCUT2D eigenvalue weighted by Gasteiger charge is 2.20. The summed E-state index contributed by atoms with van der Waals surface area (Å²) in [5.74, 6) is 1.42. The van der Waals surface area contributed by atoms with E-state index >= 15 is 0 Å². The van der Waals surface area contributed by atoms with Crippen molar-refractivity contribution in [1.82, 2.24) is 20.9 Å². The lowest BCUT2D eigenvalue weighted by Gasteiger charge is -2.32. The fourth-order valence-electron chi connectivity index (χ4n) is 3.36. The van der Waals surface area contributed by atoms with E-state index in [1.807, 2.05) is 24.3 Å². The molecule has 0 radical (unpaired) electrons. The molecule has 1 aromatic rings. The molecule has 0 heterocycles. The van der Waals surface area contributed by atoms with Gasteiger partial charge >= 0.3 is 0 Å². The van der Waals surface area contributed by atoms with E-state index in [0.29, 0.717) is 17.5 Å². The first-order valence-corrected chi connectivity index (χ1v) is 9.88. The summed E-state index contributed by atoms with van der Waals surface area (Å²) in [5, 5.41) is 9.49. The smallest absolute Gasteiger partial charge is 0.251 e. The standard InChI is InChI=1S/C21H37N5O.HI/c1-7-17(8-2)19(26(5)6)15-25-21(23-4)24-13-12-16-10-9-11-18(14-16)20(27)22-3;/h9-11,14,17,19H,7-8,12-13,15H2,1-6H3,(H,22,27)(H2,23,24,25);1H. The molecule has 0 bridgehead atoms. The van der Waals surface area contributed by atoms with Crippen LogP contribution in [0.1, 0.15) is 42.6 Å². The number of carbonyl (C=O) groups is 1. The zero-order valence-corrected chi connectivity index (χ0v) is 20.5. The first kappa shape index (κ1) is 26.6. The van der Waals surface area contributed by atoms with Crippen molar-refractivity contribution in [3.8, 4) is 0 Å². The van der Waals surface area contributed by atoms with Crippen LogP contribution in [-0.4, -0.2) is 64.1 Å². The molecular weight excluding hydrogens is 465 g/mol. The van der Waals surface area contributed by atoms with Gasteiger partial charge in [0.1, 0.15) is 0 Å². The molecule has 0 aliphatic carbocycles. The van der Waals surface area contributed by atoms with E-state index in [0.717, 1.165) is 31.0 Å². The van der Waals surface area contributed by atoms with E-state index in [-0.39, 0.29) is 29.9 Å². The molecule has 0 saturated heterocycles. The average Bonchev–Trinajstić information content (AvgIpc) is 2.68. The van der Waals surface area contributed by atoms with Gasteiger partial charge in [-0.3, -0.25) is 9.79 Å². The fraction of sp³-hybridized carbons (Fsp3) is 0.619. The van der Waals surface area contributed by atoms with Crippen molar-refractivity contribution in [1.29, 1.82) is 0 Å². The number of hydrogen-bond acceptors (Lipinski definition) is 3. The van der Waals surface area contributed by atoms with Gasteiger partial charge in [-0.15, -0.1) is 24.0 Å². The minimum absolute atomic E-state index is 0. The number of rotatable bonds is 10. The minimum Gasteiger partial charge on any atom is -0.356 e. The predicted molar refractivity (Wildman–Crippen MR) is 130 cm³/mol. The molecule has 1 rings (SSSR count). The van der Waals surface area contributed by atoms with E-state index in [2.05, 4.69) is 53.8 Å². The summed E-state index contributed by atoms with van der Waals surface area (Å²) in [7, 11) is 7.72. The van der Waals surface area contributed by atoms with E-state index in [9.17, 15) is 4.79 Å². The molecule has 0 fully saturated rings. The topological polar surface area (TPSA) is 68.8 Å². The van der Waals surface area contributed by atoms with E-state index in [1.165, 1.54) is 12.8 Å². The van der Waals surface area contributed by atoms with Gasteiger partial charge in [-0.2, -0.15) is 0 Å². The number of likely N-dealkylation sites (N-methyl/N-ethyl adjacent to an activating group) is 1. The highest BCUT2D eigenvalue weighted by atomic mass is 127. The van der Waals surface area contributed by atoms with Crippen LogP contribution < -0.4 is 16.0 Å². The van der Waals surface area contributed by atoms with E-state index in [4.69, 9.17) is 0 Å². The van der Waals surface area contributed by atoms with Crippen LogP contribution in [0.5, 0.6) is 0 Å². The predicted octanol–water partition coefficient (Wildman–Crippen LogP) is 2.74. The number of nitrogens with one attached hydrogen (secondary N) is 3. The van der Waals surface area contributed by atoms with Crippen molar-refractivity contribution in [2.24, 2.45) is 10.9 Å². The number of aliphatic imine (C=N–C) groups is 1. The Balaban J connectivity index is 0.00000729. The van der Waals surface area contributed by atoms with Gasteiger partial charge in [0.2, 0.25) is 0 Å². The second-order valence-electron chi connectivity index (χ2n) is 7.02. The Morgan fingerprint density at radius 3 is 2.39 bits per heavy atom. The number of amides is 1. The van der Waals surface area contributed by atoms with Crippen LogP contribution in [0.15, 0.2) is 29.3 Å². The van der Waals surface area contributed by atoms with Gasteiger partial charge < -0.3 is 20.9 Å². The molecule has 6 nitrogen and oxygen atoms in total. The first-order valence-electron chi connectivity index (χ1n) is 9.88. The van der Waals surface area contributed by atoms with Crippen LogP contribution >= 0.6 is 24.0 Å². The van der Waals surface area contributed by atoms with Gasteiger partial charge in [0.05, 0.1) is 0 Å². The Bertz CT molecular complexity index is 602. The molecule has 28 heavy (non-hydrogen) atoms. The van der Waals surface area contributed by atoms with Crippen LogP contribution in [0.25, 0.3) is 0 Å². The van der Waals surface area contributed by atoms with Crippen LogP contribution in [0, 0.1) is 5.92 Å². The quantitative estimate of drug-likeness (QED) is 0.261. The van der Waals surface area contributed by atoms with Gasteiger partial charge in [0, 0.05) is 38.8 Å². The van der Waals surface area contributed by atoms with Crippen molar-refractivity contribution in [2.45, 2.75) is 39.2 Å². The van der Waals surface area contributed by atoms with Crippen LogP contribution in [0.3, 0.4) is 0 Å². The molecule has 7 heteroatoms. The van der Waals surface area contributed by atoms with Crippen LogP contribution in [0.4, 0.5) is 0 Å². The Kier molecular flexibility index (Phi) is 13.9. The van der Waals surface area contributed by atoms with Crippen molar-refractivity contribution in [2.75, 3.05) is 41.3 Å². The maximum absolute atomic E-state index is 11.7. The Morgan fingerprint density at radius 2 is 1.86 bits per heavy atom. The van der Waals surface area contributed by atoms with Crippen molar-refractivity contribution >= 4 is 35.8 Å². The van der Waals surface area contributed by atoms with Crippen LogP contribution in [-0.2, 0) is 6.42 Å². The number of carbonyl (C=O) groups excluding carboxylic acids is 1. The lowest BCUT2D eigenvalue weighted by atomic mass is 9.93. The molecule has 1 unspecified atom stereocenters. The van der Waals surface area contributed by atoms with Crippen molar-refractivity contribution in [3.63, 3.8) is 0 Å². The molecular formula is C21H38IN5O. The molecule has 1 amide bonds. The summed E-state index contributed by atoms with van der Waals surface area (Å²) in [6.07, 6.45) is 3.18. The molecule has 0 aliphatic heterocycles. The van der Waals surface area contributed by atoms with Gasteiger partial charge in [-0.05, 0) is 44.1 Å². The van der Waals surface area contributed by atoms with Gasteiger partial charge in [0.15, 0.2) is 5.96 Å². The fourth-order valence-corrected chi connectivity index (χ4v) is 3.36. The molecule has 3 N–H and O–H groups in total. The second-order valence-corrected chi connectivity index (χ2v) is 7.02. The lowest BCUT2D eigenvalue weighted by molar-refractivity contribution is 0.0963. The largest absolute Gasteiger partial charge is 0.356 e. The monoisotopic (exact) mass is 503 g/mol. The molecule has 0 spiro atoms. The average molecular weight is 503 g/mol. The van der Waals surface area contributed by atoms with Gasteiger partial charge in [-0.25, -0.2) is 0 Å². The zero-order chi connectivity index (χ0) is 20.2. The number of benzene rings is 1. The Morgan fingerprint density at radius 1 is 1.18 bits per heavy atom. The highest BCUT2D eigenvalue weighted by Crippen LogP contribution is 2.16. The molecule has 1 atom stereocenters. The highest BCUT2D eigenvalue weighted by molar-refractivity contribution is 14.0. The summed E-state index contributed by atoms with van der Waals surface area (Å²) in [6.45, 7) is 6.13. The first-order chi connectivity index (χ1) is 13.0. The third-order valence-corrected chi connectivity index (χ3v) is 5.08. The van der Waals surface area contributed by atoms with Gasteiger partial charge in [-0.1, -0.05) is 38.8 Å². The summed E-state index contributed by atoms with van der Waals surface area (Å²) in [4.78, 5) is 18.4. The number of halogens is 1. The van der Waals surface area contributed by atoms with E-state index in [1.54, 1.807) is 14.1 Å². The summed E-state index contributed by atoms with van der Waals surface area (Å²) in [5.41, 5.74) is 1.82. The normalized spacial score (nSPS) is 12.5. The van der Waals surface area contributed by atoms with Crippen LogP contribution in [0.2, 0.25) is 0 Å². The van der Waals surface area contributed by atoms with E-state index < -0.39 is 0 Å². The summed E-state index contributed by atoms with van der Waals surface area (Å²) < 4.78 is 0. The summed E-state index contributed by atoms with van der Waals surface area (Å²) >= 11 is 0. The SMILES string of the molecule is CCC(CC)C(CNC(=NC)NCCc1cccc(C(=O)NC)c1)N(C)C.I. The number of guanidine groups is 1. The Hall–Kier alpha value is -1.35. The van der Waals surface area contributed by atoms with Crippen molar-refractivity contribution < 1.29 is 4.79 Å². The molecule has 0 aromatic heterocycles. The Labute approximate surface area is 188 Å². The molecule has 1 aromatic carbocycles. The zero-order valence-electron chi connectivity index (χ0n) is 18.2. The third kappa shape index (κ3) is 8.77. The second kappa shape index (κ2) is 14.6. The van der Waals surface area contributed by atoms with Gasteiger partial charge in [0.25, 0.3) is 5.91 Å². The lowest BCUT2D eigenvalue weighted by Crippen LogP contribution is -2.48. The molecule has 0 saturated carbocycles. The minimum atomic E-state index is -0.0570. The maximum Gasteiger partial charge on any atom is 0.251 e. The van der Waals surface area contributed by atoms with Crippen molar-refractivity contribution in [3.05, 3.63) is 35.4 Å². The third-order valence-electron chi connectivity index (χ3n) is 5.08. The summed E-state index contributed by atoms with van der Waals surface area (Å²) in [6, 6.07) is 8.20. The number of nitrogens with zero attached hydrogens (tertiary/aromatic N) is 2. The maximum atomic E-state index is 11.7. The molecule has 160 valence electrons. The molecule has 0 aliphatic rings.